The van der Waals surface area contributed by atoms with Crippen molar-refractivity contribution in [3.05, 3.63) is 69.6 Å². The fourth-order valence-electron chi connectivity index (χ4n) is 3.84. The summed E-state index contributed by atoms with van der Waals surface area (Å²) in [6.45, 7) is 0.237. The van der Waals surface area contributed by atoms with Crippen LogP contribution in [0.2, 0.25) is 5.02 Å². The number of methoxy groups -OCH3 is 2. The molecule has 0 fully saturated rings. The number of hydrogen-bond acceptors (Lipinski definition) is 7. The molecule has 0 bridgehead atoms. The van der Waals surface area contributed by atoms with Crippen LogP contribution in [0.15, 0.2) is 58.6 Å². The molecule has 0 radical (unpaired) electrons. The zero-order valence-electron chi connectivity index (χ0n) is 20.1. The molecule has 2 heterocycles. The van der Waals surface area contributed by atoms with Gasteiger partial charge >= 0.3 is 11.2 Å². The van der Waals surface area contributed by atoms with Gasteiger partial charge in [0, 0.05) is 52.2 Å². The Labute approximate surface area is 220 Å². The number of carbonyl (C=O) groups is 1. The van der Waals surface area contributed by atoms with Gasteiger partial charge in [0.05, 0.1) is 19.2 Å². The number of benzene rings is 2. The molecular formula is C25H23ClN4O6S. The first kappa shape index (κ1) is 26.3. The Morgan fingerprint density at radius 2 is 1.89 bits per heavy atom. The van der Waals surface area contributed by atoms with E-state index in [1.807, 2.05) is 0 Å². The summed E-state index contributed by atoms with van der Waals surface area (Å²) in [7, 11) is 2.98. The number of rotatable bonds is 8. The van der Waals surface area contributed by atoms with Gasteiger partial charge in [-0.05, 0) is 36.2 Å². The molecule has 1 amide bonds. The second-order valence-corrected chi connectivity index (χ2v) is 9.62. The largest absolute Gasteiger partial charge is 0.609 e. The van der Waals surface area contributed by atoms with E-state index in [0.29, 0.717) is 45.8 Å². The van der Waals surface area contributed by atoms with Crippen LogP contribution >= 0.6 is 11.6 Å². The zero-order valence-corrected chi connectivity index (χ0v) is 21.7. The topological polar surface area (TPSA) is 139 Å². The van der Waals surface area contributed by atoms with E-state index >= 15 is 0 Å². The van der Waals surface area contributed by atoms with E-state index in [2.05, 4.69) is 15.3 Å². The van der Waals surface area contributed by atoms with Crippen molar-refractivity contribution in [2.75, 3.05) is 25.8 Å². The standard InChI is InChI=1S/C25H23ClN4O6S/c1-35-17-11-18(21(26)20(12-17)36-2)19-10-15-13-27-24(37(3)34)29-22(15)30(23(19)31)9-8-14-4-6-16(7-5-14)28-25(32)33/h4-7,10-13,28H,8-9H2,1-3H3,(H,32,33). The van der Waals surface area contributed by atoms with Gasteiger partial charge in [-0.3, -0.25) is 14.7 Å². The lowest BCUT2D eigenvalue weighted by Gasteiger charge is -2.15. The molecule has 0 saturated carbocycles. The molecule has 0 saturated heterocycles. The molecule has 10 nitrogen and oxygen atoms in total. The summed E-state index contributed by atoms with van der Waals surface area (Å²) in [6, 6.07) is 11.7. The lowest BCUT2D eigenvalue weighted by molar-refractivity contribution is 0.209. The molecule has 0 aliphatic carbocycles. The molecule has 2 N–H and O–H groups in total. The molecule has 12 heteroatoms. The van der Waals surface area contributed by atoms with Crippen molar-refractivity contribution in [3.8, 4) is 22.6 Å². The highest BCUT2D eigenvalue weighted by Gasteiger charge is 2.20. The number of nitrogens with one attached hydrogen (secondary N) is 1. The molecule has 4 aromatic rings. The van der Waals surface area contributed by atoms with Gasteiger partial charge < -0.3 is 19.1 Å². The van der Waals surface area contributed by atoms with Crippen LogP contribution in [0.1, 0.15) is 5.56 Å². The van der Waals surface area contributed by atoms with E-state index in [-0.39, 0.29) is 22.3 Å². The average Bonchev–Trinajstić information content (AvgIpc) is 2.88. The van der Waals surface area contributed by atoms with Gasteiger partial charge in [0.25, 0.3) is 5.56 Å². The second-order valence-electron chi connectivity index (χ2n) is 7.97. The number of pyridine rings is 1. The first-order chi connectivity index (χ1) is 17.7. The van der Waals surface area contributed by atoms with Crippen LogP contribution < -0.4 is 20.3 Å². The van der Waals surface area contributed by atoms with Gasteiger partial charge in [-0.25, -0.2) is 4.79 Å². The van der Waals surface area contributed by atoms with Crippen LogP contribution in [0.5, 0.6) is 11.5 Å². The molecule has 1 unspecified atom stereocenters. The Bertz CT molecular complexity index is 1520. The number of amides is 1. The van der Waals surface area contributed by atoms with Crippen molar-refractivity contribution in [2.24, 2.45) is 0 Å². The van der Waals surface area contributed by atoms with Crippen molar-refractivity contribution in [1.29, 1.82) is 0 Å². The van der Waals surface area contributed by atoms with Crippen LogP contribution in [-0.2, 0) is 24.1 Å². The number of aromatic nitrogens is 3. The zero-order chi connectivity index (χ0) is 26.7. The maximum atomic E-state index is 13.8. The molecule has 0 aliphatic rings. The van der Waals surface area contributed by atoms with Crippen LogP contribution in [0.3, 0.4) is 0 Å². The summed E-state index contributed by atoms with van der Waals surface area (Å²) in [5.41, 5.74) is 2.00. The minimum Gasteiger partial charge on any atom is -0.609 e. The highest BCUT2D eigenvalue weighted by molar-refractivity contribution is 7.90. The lowest BCUT2D eigenvalue weighted by atomic mass is 10.0. The third kappa shape index (κ3) is 5.63. The number of ether oxygens (including phenoxy) is 2. The predicted molar refractivity (Wildman–Crippen MR) is 141 cm³/mol. The fourth-order valence-corrected chi connectivity index (χ4v) is 4.54. The van der Waals surface area contributed by atoms with E-state index in [1.54, 1.807) is 42.5 Å². The highest BCUT2D eigenvalue weighted by Crippen LogP contribution is 2.38. The van der Waals surface area contributed by atoms with Crippen LogP contribution in [-0.4, -0.2) is 50.8 Å². The Morgan fingerprint density at radius 3 is 2.51 bits per heavy atom. The Kier molecular flexibility index (Phi) is 7.86. The van der Waals surface area contributed by atoms with Crippen molar-refractivity contribution in [3.63, 3.8) is 0 Å². The Balaban J connectivity index is 1.84. The third-order valence-electron chi connectivity index (χ3n) is 5.65. The quantitative estimate of drug-likeness (QED) is 0.249. The molecule has 2 aromatic heterocycles. The molecule has 37 heavy (non-hydrogen) atoms. The minimum atomic E-state index is -1.45. The van der Waals surface area contributed by atoms with Gasteiger partial charge in [0.2, 0.25) is 0 Å². The van der Waals surface area contributed by atoms with Gasteiger partial charge in [0.15, 0.2) is 5.65 Å². The molecule has 2 aromatic carbocycles. The number of nitrogens with zero attached hydrogens (tertiary/aromatic N) is 3. The van der Waals surface area contributed by atoms with Crippen LogP contribution in [0, 0.1) is 0 Å². The first-order valence-electron chi connectivity index (χ1n) is 11.0. The average molecular weight is 543 g/mol. The van der Waals surface area contributed by atoms with Gasteiger partial charge in [-0.15, -0.1) is 0 Å². The monoisotopic (exact) mass is 542 g/mol. The Hall–Kier alpha value is -3.80. The Morgan fingerprint density at radius 1 is 1.16 bits per heavy atom. The SMILES string of the molecule is COc1cc(OC)c(Cl)c(-c2cc3cnc([S+](C)[O-])nc3n(CCc3ccc(NC(=O)O)cc3)c2=O)c1. The summed E-state index contributed by atoms with van der Waals surface area (Å²) >= 11 is 5.14. The normalized spacial score (nSPS) is 11.8. The van der Waals surface area contributed by atoms with Crippen molar-refractivity contribution in [1.82, 2.24) is 14.5 Å². The van der Waals surface area contributed by atoms with Crippen molar-refractivity contribution >= 4 is 45.6 Å². The van der Waals surface area contributed by atoms with Gasteiger partial charge in [-0.1, -0.05) is 23.7 Å². The van der Waals surface area contributed by atoms with E-state index in [4.69, 9.17) is 26.2 Å². The number of aryl methyl sites for hydroxylation is 2. The minimum absolute atomic E-state index is 0.110. The van der Waals surface area contributed by atoms with Gasteiger partial charge in [-0.2, -0.15) is 9.97 Å². The smallest absolute Gasteiger partial charge is 0.409 e. The second kappa shape index (κ2) is 11.1. The number of hydrogen-bond donors (Lipinski definition) is 2. The maximum absolute atomic E-state index is 13.8. The summed E-state index contributed by atoms with van der Waals surface area (Å²) in [6.07, 6.45) is 2.28. The van der Waals surface area contributed by atoms with E-state index < -0.39 is 17.3 Å². The molecule has 4 rings (SSSR count). The first-order valence-corrected chi connectivity index (χ1v) is 12.9. The fraction of sp³-hybridized carbons (Fsp3) is 0.200. The molecule has 0 spiro atoms. The van der Waals surface area contributed by atoms with Crippen LogP contribution in [0.4, 0.5) is 10.5 Å². The van der Waals surface area contributed by atoms with Crippen LogP contribution in [0.25, 0.3) is 22.2 Å². The molecule has 0 aliphatic heterocycles. The number of halogens is 1. The summed E-state index contributed by atoms with van der Waals surface area (Å²) in [4.78, 5) is 33.3. The van der Waals surface area contributed by atoms with Crippen molar-refractivity contribution < 1.29 is 23.9 Å². The predicted octanol–water partition coefficient (Wildman–Crippen LogP) is 4.20. The lowest BCUT2D eigenvalue weighted by Crippen LogP contribution is -2.25. The van der Waals surface area contributed by atoms with E-state index in [9.17, 15) is 14.1 Å². The molecule has 192 valence electrons. The summed E-state index contributed by atoms with van der Waals surface area (Å²) in [5.74, 6) is 0.815. The third-order valence-corrected chi connectivity index (χ3v) is 6.75. The number of fused-ring (bicyclic) bond motifs is 1. The highest BCUT2D eigenvalue weighted by atomic mass is 35.5. The maximum Gasteiger partial charge on any atom is 0.409 e. The summed E-state index contributed by atoms with van der Waals surface area (Å²) < 4.78 is 24.3. The van der Waals surface area contributed by atoms with Gasteiger partial charge in [0.1, 0.15) is 17.8 Å². The van der Waals surface area contributed by atoms with E-state index in [1.165, 1.54) is 31.2 Å². The summed E-state index contributed by atoms with van der Waals surface area (Å²) in [5, 5.41) is 12.1. The van der Waals surface area contributed by atoms with E-state index in [0.717, 1.165) is 5.56 Å². The number of anilines is 1. The van der Waals surface area contributed by atoms with Crippen molar-refractivity contribution in [2.45, 2.75) is 18.1 Å². The molecular weight excluding hydrogens is 520 g/mol. The molecule has 1 atom stereocenters. The number of carboxylic acid groups (broad SMARTS) is 1.